The third-order valence-electron chi connectivity index (χ3n) is 3.56. The van der Waals surface area contributed by atoms with Crippen LogP contribution in [0.5, 0.6) is 0 Å². The van der Waals surface area contributed by atoms with Crippen molar-refractivity contribution in [3.8, 4) is 0 Å². The second-order valence-electron chi connectivity index (χ2n) is 5.03. The van der Waals surface area contributed by atoms with E-state index < -0.39 is 0 Å². The van der Waals surface area contributed by atoms with Gasteiger partial charge in [0.25, 0.3) is 5.91 Å². The Balaban J connectivity index is 2.00. The minimum atomic E-state index is 0.0913. The lowest BCUT2D eigenvalue weighted by atomic mass is 10.2. The lowest BCUT2D eigenvalue weighted by molar-refractivity contribution is 0.0643. The van der Waals surface area contributed by atoms with Crippen LogP contribution in [0.15, 0.2) is 18.3 Å². The van der Waals surface area contributed by atoms with Gasteiger partial charge in [-0.25, -0.2) is 4.98 Å². The van der Waals surface area contributed by atoms with E-state index in [0.717, 1.165) is 38.5 Å². The highest BCUT2D eigenvalue weighted by atomic mass is 16.2. The van der Waals surface area contributed by atoms with Gasteiger partial charge in [0.2, 0.25) is 0 Å². The first-order valence-corrected chi connectivity index (χ1v) is 6.77. The Morgan fingerprint density at radius 3 is 2.42 bits per heavy atom. The molecule has 5 nitrogen and oxygen atoms in total. The van der Waals surface area contributed by atoms with Gasteiger partial charge >= 0.3 is 0 Å². The van der Waals surface area contributed by atoms with Crippen molar-refractivity contribution < 1.29 is 4.79 Å². The maximum atomic E-state index is 12.3. The molecular weight excluding hydrogens is 240 g/mol. The summed E-state index contributed by atoms with van der Waals surface area (Å²) in [5.74, 6) is 0.959. The minimum Gasteiger partial charge on any atom is -0.363 e. The van der Waals surface area contributed by atoms with Crippen LogP contribution < -0.4 is 4.90 Å². The maximum absolute atomic E-state index is 12.3. The predicted octanol–water partition coefficient (Wildman–Crippen LogP) is 0.925. The zero-order valence-corrected chi connectivity index (χ0v) is 12.0. The minimum absolute atomic E-state index is 0.0913. The molecule has 1 saturated heterocycles. The first-order valence-electron chi connectivity index (χ1n) is 6.77. The van der Waals surface area contributed by atoms with E-state index in [9.17, 15) is 4.79 Å². The molecule has 1 aromatic heterocycles. The number of rotatable bonds is 3. The Morgan fingerprint density at radius 1 is 1.26 bits per heavy atom. The van der Waals surface area contributed by atoms with Crippen LogP contribution in [0.4, 0.5) is 5.82 Å². The number of aromatic nitrogens is 1. The highest BCUT2D eigenvalue weighted by molar-refractivity contribution is 5.94. The number of nitrogens with zero attached hydrogens (tertiary/aromatic N) is 4. The molecule has 1 aliphatic rings. The molecule has 0 N–H and O–H groups in total. The summed E-state index contributed by atoms with van der Waals surface area (Å²) < 4.78 is 0. The van der Waals surface area contributed by atoms with Gasteiger partial charge in [0, 0.05) is 46.5 Å². The summed E-state index contributed by atoms with van der Waals surface area (Å²) in [4.78, 5) is 22.8. The lowest BCUT2D eigenvalue weighted by Gasteiger charge is -2.34. The predicted molar refractivity (Wildman–Crippen MR) is 76.6 cm³/mol. The van der Waals surface area contributed by atoms with Gasteiger partial charge in [-0.1, -0.05) is 6.92 Å². The Bertz CT molecular complexity index is 422. The van der Waals surface area contributed by atoms with Gasteiger partial charge < -0.3 is 14.7 Å². The maximum Gasteiger partial charge on any atom is 0.255 e. The lowest BCUT2D eigenvalue weighted by Crippen LogP contribution is -2.48. The van der Waals surface area contributed by atoms with Crippen molar-refractivity contribution in [3.05, 3.63) is 23.9 Å². The Morgan fingerprint density at radius 2 is 1.95 bits per heavy atom. The fraction of sp³-hybridized carbons (Fsp3) is 0.571. The topological polar surface area (TPSA) is 39.7 Å². The zero-order valence-electron chi connectivity index (χ0n) is 12.0. The Kier molecular flexibility index (Phi) is 4.37. The van der Waals surface area contributed by atoms with Crippen LogP contribution in [0.2, 0.25) is 0 Å². The molecule has 0 radical (unpaired) electrons. The van der Waals surface area contributed by atoms with Crippen LogP contribution in [0.3, 0.4) is 0 Å². The van der Waals surface area contributed by atoms with Gasteiger partial charge in [0.1, 0.15) is 5.82 Å². The molecule has 0 bridgehead atoms. The molecule has 1 aliphatic heterocycles. The van der Waals surface area contributed by atoms with Crippen molar-refractivity contribution >= 4 is 11.7 Å². The smallest absolute Gasteiger partial charge is 0.255 e. The summed E-state index contributed by atoms with van der Waals surface area (Å²) in [5, 5.41) is 0. The molecule has 1 aromatic rings. The largest absolute Gasteiger partial charge is 0.363 e. The number of piperazine rings is 1. The molecule has 0 aromatic carbocycles. The third kappa shape index (κ3) is 3.23. The molecule has 0 aliphatic carbocycles. The molecule has 2 rings (SSSR count). The van der Waals surface area contributed by atoms with Gasteiger partial charge in [-0.3, -0.25) is 4.79 Å². The van der Waals surface area contributed by atoms with E-state index >= 15 is 0 Å². The summed E-state index contributed by atoms with van der Waals surface area (Å²) in [7, 11) is 3.88. The summed E-state index contributed by atoms with van der Waals surface area (Å²) in [6.07, 6.45) is 1.67. The van der Waals surface area contributed by atoms with Crippen molar-refractivity contribution in [1.29, 1.82) is 0 Å². The molecule has 19 heavy (non-hydrogen) atoms. The summed E-state index contributed by atoms with van der Waals surface area (Å²) >= 11 is 0. The van der Waals surface area contributed by atoms with E-state index in [4.69, 9.17) is 0 Å². The van der Waals surface area contributed by atoms with Crippen molar-refractivity contribution in [2.45, 2.75) is 6.92 Å². The second kappa shape index (κ2) is 6.02. The van der Waals surface area contributed by atoms with Crippen molar-refractivity contribution in [1.82, 2.24) is 14.8 Å². The van der Waals surface area contributed by atoms with E-state index in [-0.39, 0.29) is 5.91 Å². The molecule has 104 valence electrons. The molecule has 1 fully saturated rings. The highest BCUT2D eigenvalue weighted by Crippen LogP contribution is 2.11. The van der Waals surface area contributed by atoms with Crippen molar-refractivity contribution in [2.24, 2.45) is 0 Å². The van der Waals surface area contributed by atoms with Gasteiger partial charge in [0.05, 0.1) is 5.56 Å². The van der Waals surface area contributed by atoms with Crippen molar-refractivity contribution in [2.75, 3.05) is 51.7 Å². The third-order valence-corrected chi connectivity index (χ3v) is 3.56. The van der Waals surface area contributed by atoms with Gasteiger partial charge in [-0.05, 0) is 18.7 Å². The fourth-order valence-corrected chi connectivity index (χ4v) is 2.23. The zero-order chi connectivity index (χ0) is 13.8. The number of hydrogen-bond acceptors (Lipinski definition) is 4. The Hall–Kier alpha value is -1.62. The number of carbonyl (C=O) groups excluding carboxylic acids is 1. The molecular formula is C14H22N4O. The SMILES string of the molecule is CCN1CCN(C(=O)c2ccc(N(C)C)nc2)CC1. The van der Waals surface area contributed by atoms with Crippen LogP contribution >= 0.6 is 0 Å². The van der Waals surface area contributed by atoms with E-state index in [1.807, 2.05) is 36.0 Å². The summed E-state index contributed by atoms with van der Waals surface area (Å²) in [6.45, 7) is 6.75. The van der Waals surface area contributed by atoms with Gasteiger partial charge in [0.15, 0.2) is 0 Å². The monoisotopic (exact) mass is 262 g/mol. The average Bonchev–Trinajstić information content (AvgIpc) is 2.46. The van der Waals surface area contributed by atoms with Crippen LogP contribution in [-0.4, -0.2) is 67.5 Å². The number of carbonyl (C=O) groups is 1. The normalized spacial score (nSPS) is 16.5. The second-order valence-corrected chi connectivity index (χ2v) is 5.03. The standard InChI is InChI=1S/C14H22N4O/c1-4-17-7-9-18(10-8-17)14(19)12-5-6-13(15-11-12)16(2)3/h5-6,11H,4,7-10H2,1-3H3. The Labute approximate surface area is 114 Å². The number of pyridine rings is 1. The van der Waals surface area contributed by atoms with Crippen LogP contribution in [0.1, 0.15) is 17.3 Å². The molecule has 5 heteroatoms. The molecule has 0 atom stereocenters. The number of hydrogen-bond donors (Lipinski definition) is 0. The van der Waals surface area contributed by atoms with E-state index in [2.05, 4.69) is 16.8 Å². The van der Waals surface area contributed by atoms with Gasteiger partial charge in [-0.2, -0.15) is 0 Å². The molecule has 0 unspecified atom stereocenters. The number of likely N-dealkylation sites (N-methyl/N-ethyl adjacent to an activating group) is 1. The molecule has 1 amide bonds. The van der Waals surface area contributed by atoms with E-state index in [1.54, 1.807) is 6.20 Å². The summed E-state index contributed by atoms with van der Waals surface area (Å²) in [5.41, 5.74) is 0.676. The fourth-order valence-electron chi connectivity index (χ4n) is 2.23. The van der Waals surface area contributed by atoms with Crippen LogP contribution in [0, 0.1) is 0 Å². The first-order chi connectivity index (χ1) is 9.11. The highest BCUT2D eigenvalue weighted by Gasteiger charge is 2.21. The van der Waals surface area contributed by atoms with E-state index in [1.165, 1.54) is 0 Å². The number of anilines is 1. The molecule has 2 heterocycles. The average molecular weight is 262 g/mol. The van der Waals surface area contributed by atoms with Crippen molar-refractivity contribution in [3.63, 3.8) is 0 Å². The quantitative estimate of drug-likeness (QED) is 0.812. The molecule has 0 saturated carbocycles. The first kappa shape index (κ1) is 13.8. The van der Waals surface area contributed by atoms with Crippen LogP contribution in [0.25, 0.3) is 0 Å². The van der Waals surface area contributed by atoms with Crippen LogP contribution in [-0.2, 0) is 0 Å². The van der Waals surface area contributed by atoms with E-state index in [0.29, 0.717) is 5.56 Å². The van der Waals surface area contributed by atoms with Gasteiger partial charge in [-0.15, -0.1) is 0 Å². The molecule has 0 spiro atoms. The number of amides is 1. The summed E-state index contributed by atoms with van der Waals surface area (Å²) in [6, 6.07) is 3.74.